The van der Waals surface area contributed by atoms with Crippen LogP contribution in [0, 0.1) is 0 Å². The van der Waals surface area contributed by atoms with Crippen molar-refractivity contribution in [2.75, 3.05) is 11.1 Å². The second kappa shape index (κ2) is 5.04. The predicted octanol–water partition coefficient (Wildman–Crippen LogP) is 3.59. The summed E-state index contributed by atoms with van der Waals surface area (Å²) in [5.74, 6) is 1.43. The molecule has 1 saturated carbocycles. The molecule has 1 aliphatic rings. The molecule has 0 spiro atoms. The molecular weight excluding hydrogens is 218 g/mol. The first-order valence-corrected chi connectivity index (χ1v) is 7.05. The summed E-state index contributed by atoms with van der Waals surface area (Å²) >= 11 is 1.53. The maximum Gasteiger partial charge on any atom is 0.142 e. The second-order valence-corrected chi connectivity index (χ2v) is 5.40. The molecule has 1 fully saturated rings. The fourth-order valence-electron chi connectivity index (χ4n) is 2.09. The van der Waals surface area contributed by atoms with Gasteiger partial charge in [-0.3, -0.25) is 0 Å². The van der Waals surface area contributed by atoms with Gasteiger partial charge in [0.05, 0.1) is 0 Å². The molecule has 1 aromatic rings. The van der Waals surface area contributed by atoms with Crippen molar-refractivity contribution in [1.82, 2.24) is 4.37 Å². The molecule has 3 N–H and O–H groups in total. The van der Waals surface area contributed by atoms with Gasteiger partial charge in [0.15, 0.2) is 0 Å². The van der Waals surface area contributed by atoms with E-state index in [0.717, 1.165) is 12.2 Å². The van der Waals surface area contributed by atoms with Gasteiger partial charge in [0.2, 0.25) is 0 Å². The van der Waals surface area contributed by atoms with E-state index in [0.29, 0.717) is 12.0 Å². The van der Waals surface area contributed by atoms with E-state index in [4.69, 9.17) is 5.73 Å². The summed E-state index contributed by atoms with van der Waals surface area (Å²) in [6, 6.07) is 0.572. The van der Waals surface area contributed by atoms with Gasteiger partial charge in [-0.25, -0.2) is 0 Å². The molecule has 0 radical (unpaired) electrons. The van der Waals surface area contributed by atoms with E-state index in [9.17, 15) is 0 Å². The van der Waals surface area contributed by atoms with Crippen LogP contribution in [0.25, 0.3) is 0 Å². The summed E-state index contributed by atoms with van der Waals surface area (Å²) in [5.41, 5.74) is 7.22. The minimum Gasteiger partial charge on any atom is -0.383 e. The van der Waals surface area contributed by atoms with E-state index in [1.165, 1.54) is 47.8 Å². The van der Waals surface area contributed by atoms with Crippen molar-refractivity contribution in [3.8, 4) is 0 Å². The molecule has 2 rings (SSSR count). The molecule has 90 valence electrons. The van der Waals surface area contributed by atoms with E-state index >= 15 is 0 Å². The van der Waals surface area contributed by atoms with Crippen LogP contribution < -0.4 is 11.1 Å². The highest BCUT2D eigenvalue weighted by Gasteiger charge is 2.30. The van der Waals surface area contributed by atoms with Gasteiger partial charge in [-0.2, -0.15) is 4.37 Å². The van der Waals surface area contributed by atoms with Gasteiger partial charge >= 0.3 is 0 Å². The Hall–Kier alpha value is -0.770. The van der Waals surface area contributed by atoms with Crippen molar-refractivity contribution in [3.05, 3.63) is 5.56 Å². The molecule has 1 aromatic heterocycles. The van der Waals surface area contributed by atoms with Crippen LogP contribution in [0.5, 0.6) is 0 Å². The van der Waals surface area contributed by atoms with Crippen LogP contribution in [0.1, 0.15) is 57.4 Å². The fraction of sp³-hybridized carbons (Fsp3) is 0.750. The summed E-state index contributed by atoms with van der Waals surface area (Å²) in [5, 5.41) is 4.84. The minimum atomic E-state index is 0.572. The Kier molecular flexibility index (Phi) is 3.69. The molecule has 3 nitrogen and oxygen atoms in total. The minimum absolute atomic E-state index is 0.572. The van der Waals surface area contributed by atoms with Crippen LogP contribution in [0.15, 0.2) is 0 Å². The zero-order valence-corrected chi connectivity index (χ0v) is 10.9. The number of nitrogen functional groups attached to an aromatic ring is 1. The quantitative estimate of drug-likeness (QED) is 0.797. The average molecular weight is 239 g/mol. The molecule has 1 aliphatic carbocycles. The fourth-order valence-corrected chi connectivity index (χ4v) is 2.97. The molecule has 1 atom stereocenters. The third kappa shape index (κ3) is 2.48. The monoisotopic (exact) mass is 239 g/mol. The number of hydrogen-bond donors (Lipinski definition) is 2. The number of nitrogens with two attached hydrogens (primary N) is 1. The van der Waals surface area contributed by atoms with Crippen LogP contribution in [0.4, 0.5) is 10.8 Å². The Morgan fingerprint density at radius 2 is 2.25 bits per heavy atom. The first-order valence-electron chi connectivity index (χ1n) is 6.27. The number of rotatable bonds is 6. The smallest absolute Gasteiger partial charge is 0.142 e. The van der Waals surface area contributed by atoms with Crippen molar-refractivity contribution < 1.29 is 0 Å². The molecule has 1 heterocycles. The highest BCUT2D eigenvalue weighted by Crippen LogP contribution is 2.47. The van der Waals surface area contributed by atoms with Crippen LogP contribution >= 0.6 is 11.5 Å². The topological polar surface area (TPSA) is 50.9 Å². The van der Waals surface area contributed by atoms with Gasteiger partial charge in [-0.15, -0.1) is 0 Å². The van der Waals surface area contributed by atoms with E-state index < -0.39 is 0 Å². The molecule has 0 amide bonds. The summed E-state index contributed by atoms with van der Waals surface area (Å²) in [7, 11) is 0. The normalized spacial score (nSPS) is 17.4. The Bertz CT molecular complexity index is 344. The van der Waals surface area contributed by atoms with Gasteiger partial charge in [-0.05, 0) is 43.1 Å². The van der Waals surface area contributed by atoms with E-state index in [1.54, 1.807) is 0 Å². The van der Waals surface area contributed by atoms with Crippen LogP contribution in [0.3, 0.4) is 0 Å². The van der Waals surface area contributed by atoms with Crippen molar-refractivity contribution >= 4 is 22.4 Å². The SMILES string of the molecule is CCCC(CC)Nc1snc(N)c1C1CC1. The van der Waals surface area contributed by atoms with Gasteiger partial charge in [0, 0.05) is 11.6 Å². The van der Waals surface area contributed by atoms with E-state index in [1.807, 2.05) is 0 Å². The number of aromatic nitrogens is 1. The molecule has 1 unspecified atom stereocenters. The summed E-state index contributed by atoms with van der Waals surface area (Å²) in [4.78, 5) is 0. The van der Waals surface area contributed by atoms with E-state index in [2.05, 4.69) is 23.5 Å². The van der Waals surface area contributed by atoms with Crippen LogP contribution in [-0.4, -0.2) is 10.4 Å². The van der Waals surface area contributed by atoms with Crippen LogP contribution in [-0.2, 0) is 0 Å². The highest BCUT2D eigenvalue weighted by atomic mass is 32.1. The number of nitrogens with zero attached hydrogens (tertiary/aromatic N) is 1. The van der Waals surface area contributed by atoms with Crippen LogP contribution in [0.2, 0.25) is 0 Å². The number of anilines is 2. The molecule has 0 saturated heterocycles. The van der Waals surface area contributed by atoms with Gasteiger partial charge in [-0.1, -0.05) is 20.3 Å². The van der Waals surface area contributed by atoms with Crippen molar-refractivity contribution in [1.29, 1.82) is 0 Å². The summed E-state index contributed by atoms with van der Waals surface area (Å²) in [6.07, 6.45) is 6.16. The third-order valence-electron chi connectivity index (χ3n) is 3.21. The largest absolute Gasteiger partial charge is 0.383 e. The number of hydrogen-bond acceptors (Lipinski definition) is 4. The average Bonchev–Trinajstić information content (AvgIpc) is 3.04. The van der Waals surface area contributed by atoms with Crippen molar-refractivity contribution in [3.63, 3.8) is 0 Å². The molecule has 0 bridgehead atoms. The van der Waals surface area contributed by atoms with Crippen molar-refractivity contribution in [2.45, 2.75) is 57.9 Å². The summed E-state index contributed by atoms with van der Waals surface area (Å²) < 4.78 is 4.28. The Balaban J connectivity index is 2.07. The molecule has 16 heavy (non-hydrogen) atoms. The number of nitrogens with one attached hydrogen (secondary N) is 1. The Labute approximate surface area is 102 Å². The predicted molar refractivity (Wildman–Crippen MR) is 71.1 cm³/mol. The molecule has 4 heteroatoms. The first-order chi connectivity index (χ1) is 7.76. The lowest BCUT2D eigenvalue weighted by Crippen LogP contribution is -2.17. The van der Waals surface area contributed by atoms with Gasteiger partial charge < -0.3 is 11.1 Å². The van der Waals surface area contributed by atoms with E-state index in [-0.39, 0.29) is 0 Å². The zero-order chi connectivity index (χ0) is 11.5. The molecule has 0 aromatic carbocycles. The Morgan fingerprint density at radius 1 is 1.50 bits per heavy atom. The maximum atomic E-state index is 5.93. The maximum absolute atomic E-state index is 5.93. The lowest BCUT2D eigenvalue weighted by molar-refractivity contribution is 0.623. The Morgan fingerprint density at radius 3 is 2.81 bits per heavy atom. The lowest BCUT2D eigenvalue weighted by atomic mass is 10.1. The zero-order valence-electron chi connectivity index (χ0n) is 10.1. The summed E-state index contributed by atoms with van der Waals surface area (Å²) in [6.45, 7) is 4.46. The standard InChI is InChI=1S/C12H21N3S/c1-3-5-9(4-2)14-12-10(8-6-7-8)11(13)15-16-12/h8-9,14H,3-7H2,1-2H3,(H2,13,15). The first kappa shape index (κ1) is 11.7. The molecule has 0 aliphatic heterocycles. The van der Waals surface area contributed by atoms with Gasteiger partial charge in [0.1, 0.15) is 10.8 Å². The highest BCUT2D eigenvalue weighted by molar-refractivity contribution is 7.10. The lowest BCUT2D eigenvalue weighted by Gasteiger charge is -2.16. The molecular formula is C12H21N3S. The second-order valence-electron chi connectivity index (χ2n) is 4.62. The third-order valence-corrected chi connectivity index (χ3v) is 4.01. The van der Waals surface area contributed by atoms with Gasteiger partial charge in [0.25, 0.3) is 0 Å². The van der Waals surface area contributed by atoms with Crippen molar-refractivity contribution in [2.24, 2.45) is 0 Å².